The van der Waals surface area contributed by atoms with Gasteiger partial charge in [0.05, 0.1) is 37.2 Å². The van der Waals surface area contributed by atoms with E-state index in [0.717, 1.165) is 89.5 Å². The molecule has 5 aliphatic heterocycles. The molecule has 0 radical (unpaired) electrons. The summed E-state index contributed by atoms with van der Waals surface area (Å²) in [5.74, 6) is 25.1. The van der Waals surface area contributed by atoms with Crippen LogP contribution in [0.3, 0.4) is 0 Å². The number of carbonyl (C=O) groups excluding carboxylic acids is 1. The number of esters is 1. The standard InChI is InChI=1S/4C10H13N.C9H12N2.4C9H11NO.C9H14O2/c1-5-9-6-8(7-11-9)10(2,3)4;2*1-5-9-8(6-7-11-9)10(2,3)4;1-5-8-6-7-9(11-8)10(2,3)4;1-5-8-10-6-7(11-8)9(2,3)4;1-5-8-10-7(6-11-8)9(2,3)4;1-5-8-10-6-7(11-8)9(2,3)4;1-5-8-7(6-11-10-8)9(2,3)4;1-5-7-6-8(11-10-7)9(2,3)4;1-9(2,3)7-5-4-6-8(10)11-7/h3*1,6H,7H2,2-4H3;1,7H,6H2,2-4H3;1,6H,2-4H3,(H,10,11);4*1,6H,2-4H3;4,6-7H,5H2,1-3H3. The number of oxazole rings is 2. The number of ether oxygens (including phenoxy) is 1. The highest BCUT2D eigenvalue weighted by molar-refractivity contribution is 6.15. The minimum absolute atomic E-state index is 0.0118. The van der Waals surface area contributed by atoms with Gasteiger partial charge in [0.15, 0.2) is 17.2 Å². The topological polar surface area (TPSA) is 209 Å². The smallest absolute Gasteiger partial charge is 0.330 e. The Bertz CT molecular complexity index is 4280. The Morgan fingerprint density at radius 3 is 1.34 bits per heavy atom. The van der Waals surface area contributed by atoms with Crippen molar-refractivity contribution in [3.63, 3.8) is 0 Å². The first-order chi connectivity index (χ1) is 50.4. The molecule has 584 valence electrons. The van der Waals surface area contributed by atoms with Gasteiger partial charge >= 0.3 is 5.97 Å². The van der Waals surface area contributed by atoms with Gasteiger partial charge in [-0.15, -0.1) is 57.8 Å². The molecule has 16 heteroatoms. The molecule has 1 N–H and O–H groups in total. The first kappa shape index (κ1) is 97.0. The Balaban J connectivity index is 0.000000611. The van der Waals surface area contributed by atoms with Crippen LogP contribution in [0.5, 0.6) is 0 Å². The molecule has 110 heavy (non-hydrogen) atoms. The zero-order valence-electron chi connectivity index (χ0n) is 71.6. The number of imidazole rings is 1. The number of terminal acetylenes is 9. The summed E-state index contributed by atoms with van der Waals surface area (Å²) in [5.41, 5.74) is 13.1. The summed E-state index contributed by atoms with van der Waals surface area (Å²) >= 11 is 0. The molecular weight excluding hydrogens is 1370 g/mol. The molecule has 0 fully saturated rings. The predicted octanol–water partition coefficient (Wildman–Crippen LogP) is 19.9. The van der Waals surface area contributed by atoms with Crippen molar-refractivity contribution in [2.24, 2.45) is 47.0 Å². The maximum atomic E-state index is 10.8. The zero-order chi connectivity index (χ0) is 84.8. The van der Waals surface area contributed by atoms with Crippen LogP contribution in [0.15, 0.2) is 128 Å². The molecule has 5 aliphatic rings. The number of nitrogens with one attached hydrogen (secondary N) is 1. The number of cyclic esters (lactones) is 1. The van der Waals surface area contributed by atoms with Crippen molar-refractivity contribution in [3.8, 4) is 111 Å². The van der Waals surface area contributed by atoms with Crippen LogP contribution in [0.2, 0.25) is 0 Å². The second-order valence-corrected chi connectivity index (χ2v) is 36.2. The third-order valence-electron chi connectivity index (χ3n) is 16.0. The van der Waals surface area contributed by atoms with Gasteiger partial charge in [-0.2, -0.15) is 0 Å². The molecule has 1 atom stereocenters. The summed E-state index contributed by atoms with van der Waals surface area (Å²) < 4.78 is 25.2. The van der Waals surface area contributed by atoms with E-state index in [4.69, 9.17) is 80.4 Å². The molecule has 10 heterocycles. The summed E-state index contributed by atoms with van der Waals surface area (Å²) in [4.78, 5) is 42.8. The van der Waals surface area contributed by atoms with E-state index in [-0.39, 0.29) is 66.2 Å². The maximum absolute atomic E-state index is 10.8. The quantitative estimate of drug-likeness (QED) is 0.114. The molecule has 5 aromatic heterocycles. The van der Waals surface area contributed by atoms with Gasteiger partial charge in [-0.25, -0.2) is 24.7 Å². The monoisotopic (exact) mass is 1490 g/mol. The SMILES string of the molecule is C#CC1=NC(C(C)(C)C)=CC1.C#CC1=NCC(C(C)(C)C)=C1.C#CC1=NCC=C1C(C)(C)C.C#CC1=NCC=C1C(C)(C)C.C#Cc1cc(C(C)(C)C)on1.C#Cc1nc(C(C)(C)C)co1.C#Cc1ncc(C(C)(C)C)[nH]1.C#Cc1ncc(C(C)(C)C)o1.C#Cc1nocc1C(C)(C)C.CC(C)(C)C1CC=CC(=O)O1. The predicted molar refractivity (Wildman–Crippen MR) is 455 cm³/mol. The van der Waals surface area contributed by atoms with Crippen LogP contribution in [-0.4, -0.2) is 84.8 Å². The highest BCUT2D eigenvalue weighted by Gasteiger charge is 2.30. The second-order valence-electron chi connectivity index (χ2n) is 36.2. The molecule has 5 aromatic rings. The number of carbonyl (C=O) groups is 1. The molecule has 0 spiro atoms. The fourth-order valence-corrected chi connectivity index (χ4v) is 9.12. The number of hydrogen-bond acceptors (Lipinski definition) is 15. The van der Waals surface area contributed by atoms with Gasteiger partial charge in [-0.1, -0.05) is 266 Å². The van der Waals surface area contributed by atoms with Crippen molar-refractivity contribution < 1.29 is 27.4 Å². The first-order valence-corrected chi connectivity index (χ1v) is 36.4. The van der Waals surface area contributed by atoms with E-state index in [9.17, 15) is 4.79 Å². The van der Waals surface area contributed by atoms with Gasteiger partial charge in [0, 0.05) is 75.2 Å². The number of nitrogens with zero attached hydrogens (tertiary/aromatic N) is 9. The van der Waals surface area contributed by atoms with Crippen LogP contribution in [0, 0.1) is 138 Å². The van der Waals surface area contributed by atoms with Crippen LogP contribution in [0.1, 0.15) is 278 Å². The van der Waals surface area contributed by atoms with E-state index in [1.165, 1.54) is 22.8 Å². The fraction of sp³-hybridized carbons (Fsp3) is 0.489. The fourth-order valence-electron chi connectivity index (χ4n) is 9.12. The molecule has 0 saturated carbocycles. The number of aromatic nitrogens is 6. The Kier molecular flexibility index (Phi) is 36.6. The van der Waals surface area contributed by atoms with E-state index in [2.05, 4.69) is 288 Å². The summed E-state index contributed by atoms with van der Waals surface area (Å²) in [5, 5.41) is 7.38. The minimum Gasteiger partial charge on any atom is -0.458 e. The number of rotatable bonds is 0. The average molecular weight is 1490 g/mol. The summed E-state index contributed by atoms with van der Waals surface area (Å²) in [7, 11) is 0. The molecule has 0 saturated heterocycles. The number of allylic oxidation sites excluding steroid dienone is 5. The number of hydrogen-bond donors (Lipinski definition) is 1. The maximum Gasteiger partial charge on any atom is 0.330 e. The lowest BCUT2D eigenvalue weighted by atomic mass is 9.84. The Hall–Kier alpha value is -11.1. The van der Waals surface area contributed by atoms with Crippen molar-refractivity contribution >= 4 is 28.8 Å². The first-order valence-electron chi connectivity index (χ1n) is 36.4. The largest absolute Gasteiger partial charge is 0.458 e. The number of aromatic amines is 1. The normalized spacial score (nSPS) is 15.0. The number of aliphatic imine (C=N–C) groups is 4. The van der Waals surface area contributed by atoms with Crippen molar-refractivity contribution in [1.82, 2.24) is 30.2 Å². The molecule has 0 bridgehead atoms. The summed E-state index contributed by atoms with van der Waals surface area (Å²) in [6.45, 7) is 65.4. The lowest BCUT2D eigenvalue weighted by Gasteiger charge is -2.30. The molecule has 1 unspecified atom stereocenters. The van der Waals surface area contributed by atoms with E-state index in [1.54, 1.807) is 31.0 Å². The van der Waals surface area contributed by atoms with Gasteiger partial charge in [0.1, 0.15) is 47.3 Å². The summed E-state index contributed by atoms with van der Waals surface area (Å²) in [6, 6.07) is 1.79. The van der Waals surface area contributed by atoms with Crippen molar-refractivity contribution in [1.29, 1.82) is 0 Å². The molecule has 0 aliphatic carbocycles. The lowest BCUT2D eigenvalue weighted by Crippen LogP contribution is -2.32. The second kappa shape index (κ2) is 41.5. The van der Waals surface area contributed by atoms with Crippen LogP contribution in [0.25, 0.3) is 0 Å². The Morgan fingerprint density at radius 2 is 1.06 bits per heavy atom. The third-order valence-corrected chi connectivity index (χ3v) is 16.0. The van der Waals surface area contributed by atoms with Gasteiger partial charge in [-0.3, -0.25) is 15.0 Å². The van der Waals surface area contributed by atoms with Gasteiger partial charge in [0.2, 0.25) is 0 Å². The zero-order valence-corrected chi connectivity index (χ0v) is 71.6. The molecule has 16 nitrogen and oxygen atoms in total. The molecule has 10 rings (SSSR count). The van der Waals surface area contributed by atoms with Gasteiger partial charge < -0.3 is 27.6 Å². The van der Waals surface area contributed by atoms with E-state index in [1.807, 2.05) is 53.7 Å². The van der Waals surface area contributed by atoms with Crippen LogP contribution in [-0.2, 0) is 36.6 Å². The molecule has 0 amide bonds. The molecular formula is C94H122N10O6. The lowest BCUT2D eigenvalue weighted by molar-refractivity contribution is -0.149. The molecule has 0 aromatic carbocycles. The van der Waals surface area contributed by atoms with Crippen LogP contribution >= 0.6 is 0 Å². The number of H-pyrrole nitrogens is 1. The van der Waals surface area contributed by atoms with E-state index in [0.29, 0.717) is 29.0 Å². The van der Waals surface area contributed by atoms with Crippen LogP contribution < -0.4 is 0 Å². The minimum atomic E-state index is -0.212. The van der Waals surface area contributed by atoms with E-state index >= 15 is 0 Å². The Labute approximate surface area is 661 Å². The van der Waals surface area contributed by atoms with Gasteiger partial charge in [0.25, 0.3) is 11.8 Å². The van der Waals surface area contributed by atoms with E-state index < -0.39 is 0 Å². The summed E-state index contributed by atoms with van der Waals surface area (Å²) in [6.07, 6.45) is 66.8. The van der Waals surface area contributed by atoms with Gasteiger partial charge in [-0.05, 0) is 79.5 Å². The van der Waals surface area contributed by atoms with Crippen molar-refractivity contribution in [2.45, 2.75) is 254 Å². The average Bonchev–Trinajstić information content (AvgIpc) is 1.65. The van der Waals surface area contributed by atoms with Crippen LogP contribution in [0.4, 0.5) is 0 Å². The Morgan fingerprint density at radius 1 is 0.509 bits per heavy atom. The highest BCUT2D eigenvalue weighted by Crippen LogP contribution is 2.33. The van der Waals surface area contributed by atoms with Crippen molar-refractivity contribution in [2.75, 3.05) is 19.6 Å². The third kappa shape index (κ3) is 34.4. The highest BCUT2D eigenvalue weighted by atomic mass is 16.5. The van der Waals surface area contributed by atoms with Crippen molar-refractivity contribution in [3.05, 3.63) is 147 Å².